The number of hydrogen-bond donors (Lipinski definition) is 0. The minimum Gasteiger partial charge on any atom is -0.463 e. The van der Waals surface area contributed by atoms with Gasteiger partial charge >= 0.3 is 0 Å². The molecule has 1 aliphatic rings. The third-order valence-electron chi connectivity index (χ3n) is 5.87. The van der Waals surface area contributed by atoms with Crippen molar-refractivity contribution in [3.8, 4) is 11.3 Å². The van der Waals surface area contributed by atoms with E-state index in [1.165, 1.54) is 0 Å². The van der Waals surface area contributed by atoms with Crippen molar-refractivity contribution in [2.45, 2.75) is 12.5 Å². The molecule has 0 spiro atoms. The summed E-state index contributed by atoms with van der Waals surface area (Å²) in [5.74, 6) is 1.24. The van der Waals surface area contributed by atoms with Gasteiger partial charge in [0.25, 0.3) is 0 Å². The van der Waals surface area contributed by atoms with Crippen LogP contribution in [0.5, 0.6) is 0 Å². The Bertz CT molecular complexity index is 1500. The monoisotopic (exact) mass is 484 g/mol. The molecule has 2 aromatic heterocycles. The summed E-state index contributed by atoms with van der Waals surface area (Å²) in [7, 11) is 0. The molecule has 3 aromatic carbocycles. The van der Waals surface area contributed by atoms with Crippen LogP contribution in [-0.4, -0.2) is 15.7 Å². The van der Waals surface area contributed by atoms with Gasteiger partial charge in [0.1, 0.15) is 11.5 Å². The van der Waals surface area contributed by atoms with E-state index in [0.717, 1.165) is 39.2 Å². The second-order valence-electron chi connectivity index (χ2n) is 8.04. The highest BCUT2D eigenvalue weighted by atomic mass is 35.5. The molecule has 0 amide bonds. The van der Waals surface area contributed by atoms with Gasteiger partial charge in [-0.1, -0.05) is 65.7 Å². The molecule has 7 heteroatoms. The first-order chi connectivity index (χ1) is 16.7. The fraction of sp³-hybridized carbons (Fsp3) is 0.0741. The first-order valence-electron chi connectivity index (χ1n) is 10.8. The molecule has 5 nitrogen and oxygen atoms in total. The molecule has 0 aliphatic carbocycles. The minimum atomic E-state index is -0.106. The second kappa shape index (κ2) is 8.60. The molecule has 0 bridgehead atoms. The van der Waals surface area contributed by atoms with Gasteiger partial charge in [-0.3, -0.25) is 0 Å². The zero-order chi connectivity index (χ0) is 23.1. The predicted molar refractivity (Wildman–Crippen MR) is 137 cm³/mol. The fourth-order valence-corrected chi connectivity index (χ4v) is 4.54. The van der Waals surface area contributed by atoms with Crippen LogP contribution < -0.4 is 5.01 Å². The lowest BCUT2D eigenvalue weighted by Gasteiger charge is -2.23. The van der Waals surface area contributed by atoms with Crippen LogP contribution in [0.15, 0.2) is 101 Å². The number of benzene rings is 3. The Morgan fingerprint density at radius 2 is 1.62 bits per heavy atom. The quantitative estimate of drug-likeness (QED) is 0.264. The topological polar surface area (TPSA) is 54.5 Å². The SMILES string of the molecule is Clc1ccc(C2CC(c3ccco3)=NN2c2nc(-c3ccccc3)c3cc(Cl)ccc3n2)cc1. The van der Waals surface area contributed by atoms with Gasteiger partial charge in [0.2, 0.25) is 5.95 Å². The molecule has 3 heterocycles. The number of rotatable bonds is 4. The van der Waals surface area contributed by atoms with Crippen LogP contribution >= 0.6 is 23.2 Å². The summed E-state index contributed by atoms with van der Waals surface area (Å²) in [4.78, 5) is 9.88. The number of hydrogen-bond acceptors (Lipinski definition) is 5. The number of fused-ring (bicyclic) bond motifs is 1. The van der Waals surface area contributed by atoms with Gasteiger partial charge in [0.05, 0.1) is 23.5 Å². The maximum Gasteiger partial charge on any atom is 0.247 e. The summed E-state index contributed by atoms with van der Waals surface area (Å²) in [6.07, 6.45) is 2.30. The predicted octanol–water partition coefficient (Wildman–Crippen LogP) is 7.55. The lowest BCUT2D eigenvalue weighted by atomic mass is 10.0. The van der Waals surface area contributed by atoms with Crippen molar-refractivity contribution >= 4 is 45.8 Å². The fourth-order valence-electron chi connectivity index (χ4n) is 4.24. The van der Waals surface area contributed by atoms with E-state index in [1.54, 1.807) is 6.26 Å². The van der Waals surface area contributed by atoms with Crippen LogP contribution in [0.25, 0.3) is 22.2 Å². The maximum atomic E-state index is 6.33. The van der Waals surface area contributed by atoms with Crippen LogP contribution in [-0.2, 0) is 0 Å². The van der Waals surface area contributed by atoms with E-state index in [1.807, 2.05) is 89.9 Å². The number of furan rings is 1. The van der Waals surface area contributed by atoms with Crippen molar-refractivity contribution in [3.05, 3.63) is 113 Å². The lowest BCUT2D eigenvalue weighted by Crippen LogP contribution is -2.21. The first-order valence-corrected chi connectivity index (χ1v) is 11.6. The summed E-state index contributed by atoms with van der Waals surface area (Å²) < 4.78 is 5.65. The largest absolute Gasteiger partial charge is 0.463 e. The number of aromatic nitrogens is 2. The summed E-state index contributed by atoms with van der Waals surface area (Å²) in [5, 5.41) is 9.00. The summed E-state index contributed by atoms with van der Waals surface area (Å²) in [5.41, 5.74) is 4.49. The number of hydrazone groups is 1. The van der Waals surface area contributed by atoms with Crippen molar-refractivity contribution in [3.63, 3.8) is 0 Å². The summed E-state index contributed by atoms with van der Waals surface area (Å²) in [6, 6.07) is 27.2. The highest BCUT2D eigenvalue weighted by Gasteiger charge is 2.33. The van der Waals surface area contributed by atoms with Crippen molar-refractivity contribution < 1.29 is 4.42 Å². The molecule has 6 rings (SSSR count). The second-order valence-corrected chi connectivity index (χ2v) is 8.91. The normalized spacial score (nSPS) is 15.6. The third-order valence-corrected chi connectivity index (χ3v) is 6.36. The van der Waals surface area contributed by atoms with Gasteiger partial charge in [-0.25, -0.2) is 15.0 Å². The summed E-state index contributed by atoms with van der Waals surface area (Å²) in [6.45, 7) is 0. The van der Waals surface area contributed by atoms with Crippen LogP contribution in [0.2, 0.25) is 10.0 Å². The molecule has 1 aliphatic heterocycles. The van der Waals surface area contributed by atoms with Gasteiger partial charge in [-0.05, 0) is 48.0 Å². The molecule has 166 valence electrons. The van der Waals surface area contributed by atoms with Crippen LogP contribution in [0.4, 0.5) is 5.95 Å². The molecule has 0 fully saturated rings. The zero-order valence-electron chi connectivity index (χ0n) is 17.9. The molecule has 5 aromatic rings. The average molecular weight is 485 g/mol. The van der Waals surface area contributed by atoms with E-state index in [9.17, 15) is 0 Å². The minimum absolute atomic E-state index is 0.106. The lowest BCUT2D eigenvalue weighted by molar-refractivity contribution is 0.556. The molecular weight excluding hydrogens is 467 g/mol. The molecule has 34 heavy (non-hydrogen) atoms. The Kier molecular flexibility index (Phi) is 5.28. The van der Waals surface area contributed by atoms with Gasteiger partial charge in [-0.2, -0.15) is 5.10 Å². The highest BCUT2D eigenvalue weighted by molar-refractivity contribution is 6.31. The average Bonchev–Trinajstić information content (AvgIpc) is 3.55. The number of halogens is 2. The Labute approximate surface area is 206 Å². The van der Waals surface area contributed by atoms with E-state index in [0.29, 0.717) is 22.4 Å². The molecule has 0 N–H and O–H groups in total. The molecule has 0 radical (unpaired) electrons. The molecular formula is C27H18Cl2N4O. The van der Waals surface area contributed by atoms with Gasteiger partial charge < -0.3 is 4.42 Å². The van der Waals surface area contributed by atoms with E-state index < -0.39 is 0 Å². The molecule has 0 saturated heterocycles. The first kappa shape index (κ1) is 20.9. The molecule has 1 unspecified atom stereocenters. The van der Waals surface area contributed by atoms with E-state index in [2.05, 4.69) is 0 Å². The smallest absolute Gasteiger partial charge is 0.247 e. The Hall–Kier alpha value is -3.67. The Balaban J connectivity index is 1.54. The van der Waals surface area contributed by atoms with E-state index in [-0.39, 0.29) is 6.04 Å². The van der Waals surface area contributed by atoms with Crippen LogP contribution in [0.3, 0.4) is 0 Å². The van der Waals surface area contributed by atoms with Crippen molar-refractivity contribution in [2.24, 2.45) is 5.10 Å². The van der Waals surface area contributed by atoms with E-state index in [4.69, 9.17) is 42.7 Å². The van der Waals surface area contributed by atoms with Crippen LogP contribution in [0.1, 0.15) is 23.8 Å². The van der Waals surface area contributed by atoms with Crippen molar-refractivity contribution in [2.75, 3.05) is 5.01 Å². The Morgan fingerprint density at radius 1 is 0.824 bits per heavy atom. The van der Waals surface area contributed by atoms with E-state index >= 15 is 0 Å². The number of anilines is 1. The Morgan fingerprint density at radius 3 is 2.38 bits per heavy atom. The molecule has 1 atom stereocenters. The third kappa shape index (κ3) is 3.83. The van der Waals surface area contributed by atoms with Gasteiger partial charge in [-0.15, -0.1) is 0 Å². The maximum absolute atomic E-state index is 6.33. The summed E-state index contributed by atoms with van der Waals surface area (Å²) >= 11 is 12.5. The van der Waals surface area contributed by atoms with Gasteiger partial charge in [0.15, 0.2) is 0 Å². The molecule has 0 saturated carbocycles. The van der Waals surface area contributed by atoms with Gasteiger partial charge in [0, 0.05) is 27.4 Å². The van der Waals surface area contributed by atoms with Crippen LogP contribution in [0, 0.1) is 0 Å². The van der Waals surface area contributed by atoms with Crippen molar-refractivity contribution in [1.29, 1.82) is 0 Å². The standard InChI is InChI=1S/C27H18Cl2N4O/c28-19-10-8-17(9-11-19)24-16-23(25-7-4-14-34-25)32-33(24)27-30-22-13-12-20(29)15-21(22)26(31-27)18-5-2-1-3-6-18/h1-15,24H,16H2. The van der Waals surface area contributed by atoms with Crippen molar-refractivity contribution in [1.82, 2.24) is 9.97 Å². The highest BCUT2D eigenvalue weighted by Crippen LogP contribution is 2.38. The number of nitrogens with zero attached hydrogens (tertiary/aromatic N) is 4. The zero-order valence-corrected chi connectivity index (χ0v) is 19.4.